The number of allylic oxidation sites excluding steroid dienone is 6. The molecule has 4 fully saturated rings. The van der Waals surface area contributed by atoms with Gasteiger partial charge < -0.3 is 20.3 Å². The van der Waals surface area contributed by atoms with Gasteiger partial charge in [-0.1, -0.05) is 139 Å². The molecule has 6 aliphatic carbocycles. The smallest absolute Gasteiger partial charge is 0.311 e. The van der Waals surface area contributed by atoms with E-state index in [0.29, 0.717) is 42.6 Å². The van der Waals surface area contributed by atoms with E-state index in [4.69, 9.17) is 4.74 Å². The van der Waals surface area contributed by atoms with Gasteiger partial charge in [-0.3, -0.25) is 14.4 Å². The zero-order valence-electron chi connectivity index (χ0n) is 40.0. The van der Waals surface area contributed by atoms with E-state index in [1.165, 1.54) is 16.7 Å². The number of ketones is 1. The van der Waals surface area contributed by atoms with Crippen molar-refractivity contribution in [2.45, 2.75) is 150 Å². The van der Waals surface area contributed by atoms with Crippen LogP contribution >= 0.6 is 0 Å². The van der Waals surface area contributed by atoms with Crippen LogP contribution in [0.4, 0.5) is 0 Å². The maximum Gasteiger partial charge on any atom is 0.311 e. The van der Waals surface area contributed by atoms with Crippen molar-refractivity contribution in [2.24, 2.45) is 87.8 Å². The first-order chi connectivity index (χ1) is 30.4. The highest BCUT2D eigenvalue weighted by Gasteiger charge is 2.70. The Kier molecular flexibility index (Phi) is 12.1. The Morgan fingerprint density at radius 2 is 1.69 bits per heavy atom. The number of amides is 1. The van der Waals surface area contributed by atoms with Crippen molar-refractivity contribution in [1.82, 2.24) is 5.32 Å². The predicted molar refractivity (Wildman–Crippen MR) is 252 cm³/mol. The number of carbonyl (C=O) groups is 3. The van der Waals surface area contributed by atoms with Gasteiger partial charge in [0.2, 0.25) is 5.60 Å². The fraction of sp³-hybridized carbons (Fsp3) is 0.667. The van der Waals surface area contributed by atoms with Crippen molar-refractivity contribution >= 4 is 17.7 Å². The minimum Gasteiger partial charge on any atom is -0.447 e. The van der Waals surface area contributed by atoms with Crippen LogP contribution in [0.1, 0.15) is 125 Å². The molecular formula is C57H77NO6. The molecule has 7 heteroatoms. The molecule has 0 unspecified atom stereocenters. The van der Waals surface area contributed by atoms with Crippen LogP contribution in [0, 0.1) is 87.8 Å². The van der Waals surface area contributed by atoms with Gasteiger partial charge in [-0.2, -0.15) is 0 Å². The zero-order chi connectivity index (χ0) is 45.6. The fourth-order valence-electron chi connectivity index (χ4n) is 15.5. The minimum absolute atomic E-state index is 0.103. The van der Waals surface area contributed by atoms with Crippen LogP contribution in [0.2, 0.25) is 0 Å². The summed E-state index contributed by atoms with van der Waals surface area (Å²) in [4.78, 5) is 46.9. The molecule has 3 saturated carbocycles. The summed E-state index contributed by atoms with van der Waals surface area (Å²) in [6, 6.07) is 9.74. The Balaban J connectivity index is 1.23. The van der Waals surface area contributed by atoms with Gasteiger partial charge >= 0.3 is 5.97 Å². The Morgan fingerprint density at radius 3 is 2.42 bits per heavy atom. The molecule has 1 aromatic carbocycles. The number of rotatable bonds is 6. The second kappa shape index (κ2) is 17.0. The molecule has 8 aliphatic rings. The molecule has 3 N–H and O–H groups in total. The first-order valence-corrected chi connectivity index (χ1v) is 25.4. The van der Waals surface area contributed by atoms with Crippen LogP contribution in [0.25, 0.3) is 0 Å². The van der Waals surface area contributed by atoms with Crippen LogP contribution in [0.3, 0.4) is 0 Å². The lowest BCUT2D eigenvalue weighted by atomic mass is 9.45. The number of esters is 1. The number of Topliss-reactive ketones (excluding diaryl/α,β-unsaturated/α-hetero) is 1. The summed E-state index contributed by atoms with van der Waals surface area (Å²) in [6.45, 7) is 22.8. The summed E-state index contributed by atoms with van der Waals surface area (Å²) < 4.78 is 7.20. The van der Waals surface area contributed by atoms with Crippen LogP contribution in [-0.2, 0) is 25.5 Å². The number of carbonyl (C=O) groups excluding carboxylic acids is 3. The topological polar surface area (TPSA) is 113 Å². The fourth-order valence-corrected chi connectivity index (χ4v) is 15.5. The molecule has 18 atom stereocenters. The highest BCUT2D eigenvalue weighted by Crippen LogP contribution is 2.72. The Labute approximate surface area is 383 Å². The van der Waals surface area contributed by atoms with Gasteiger partial charge in [-0.05, 0) is 134 Å². The number of fused-ring (bicyclic) bond motifs is 5. The highest BCUT2D eigenvalue weighted by molar-refractivity contribution is 5.95. The van der Waals surface area contributed by atoms with Gasteiger partial charge in [-0.15, -0.1) is 0 Å². The van der Waals surface area contributed by atoms with Crippen LogP contribution in [0.15, 0.2) is 89.6 Å². The highest BCUT2D eigenvalue weighted by atomic mass is 16.6. The Morgan fingerprint density at radius 1 is 0.953 bits per heavy atom. The maximum absolute atomic E-state index is 16.2. The molecule has 0 bridgehead atoms. The van der Waals surface area contributed by atoms with Gasteiger partial charge in [0, 0.05) is 30.2 Å². The third-order valence-corrected chi connectivity index (χ3v) is 19.4. The van der Waals surface area contributed by atoms with E-state index in [1.807, 2.05) is 31.2 Å². The SMILES string of the molecule is C=C1[C@@H](C)[C@H]2[C@H](Cc3ccccc3)NC(=O)[C@]23OC(=O)[C@H]2[C@H](C(=O)CCC[C@@H](C)C/C=C/[C@H]3[C@@H]1O)[C@H]1C[C@H]([C@H](C)/C=C/[C@H](C)C(C)C)[C@@]3(C)CC[C@H]4C(=C13)[C@H]2C=C1C[C@@H](O)CC[C@@]14C. The van der Waals surface area contributed by atoms with Gasteiger partial charge in [0.15, 0.2) is 0 Å². The number of aliphatic hydroxyl groups is 2. The molecule has 7 nitrogen and oxygen atoms in total. The summed E-state index contributed by atoms with van der Waals surface area (Å²) in [5, 5.41) is 26.8. The molecule has 0 radical (unpaired) electrons. The summed E-state index contributed by atoms with van der Waals surface area (Å²) >= 11 is 0. The molecule has 1 spiro atoms. The van der Waals surface area contributed by atoms with Gasteiger partial charge in [0.05, 0.1) is 24.0 Å². The zero-order valence-corrected chi connectivity index (χ0v) is 40.0. The van der Waals surface area contributed by atoms with E-state index < -0.39 is 47.4 Å². The Hall–Kier alpha value is -3.55. The first-order valence-electron chi connectivity index (χ1n) is 25.4. The molecule has 1 amide bonds. The molecule has 1 aromatic rings. The number of hydrogen-bond acceptors (Lipinski definition) is 6. The van der Waals surface area contributed by atoms with E-state index in [9.17, 15) is 10.2 Å². The molecule has 64 heavy (non-hydrogen) atoms. The molecular weight excluding hydrogens is 795 g/mol. The van der Waals surface area contributed by atoms with Gasteiger partial charge in [-0.25, -0.2) is 0 Å². The molecule has 2 aliphatic heterocycles. The number of nitrogens with one attached hydrogen (secondary N) is 1. The van der Waals surface area contributed by atoms with Crippen molar-refractivity contribution in [2.75, 3.05) is 0 Å². The lowest BCUT2D eigenvalue weighted by molar-refractivity contribution is -0.194. The molecule has 0 aromatic heterocycles. The van der Waals surface area contributed by atoms with Gasteiger partial charge in [0.25, 0.3) is 5.91 Å². The quantitative estimate of drug-likeness (QED) is 0.194. The van der Waals surface area contributed by atoms with E-state index in [2.05, 4.69) is 96.8 Å². The Bertz CT molecular complexity index is 2150. The van der Waals surface area contributed by atoms with Crippen LogP contribution < -0.4 is 5.32 Å². The number of benzene rings is 1. The number of ether oxygens (including phenoxy) is 1. The third-order valence-electron chi connectivity index (χ3n) is 19.4. The van der Waals surface area contributed by atoms with Crippen LogP contribution in [0.5, 0.6) is 0 Å². The monoisotopic (exact) mass is 872 g/mol. The summed E-state index contributed by atoms with van der Waals surface area (Å²) in [7, 11) is 0. The predicted octanol–water partition coefficient (Wildman–Crippen LogP) is 10.3. The second-order valence-electron chi connectivity index (χ2n) is 23.2. The number of hydrogen-bond donors (Lipinski definition) is 3. The normalized spacial score (nSPS) is 44.7. The van der Waals surface area contributed by atoms with E-state index in [-0.39, 0.29) is 64.1 Å². The van der Waals surface area contributed by atoms with Crippen LogP contribution in [-0.4, -0.2) is 51.7 Å². The van der Waals surface area contributed by atoms with E-state index >= 15 is 14.4 Å². The lowest BCUT2D eigenvalue weighted by Gasteiger charge is -2.59. The average Bonchev–Trinajstić information content (AvgIpc) is 3.72. The van der Waals surface area contributed by atoms with Crippen molar-refractivity contribution in [1.29, 1.82) is 0 Å². The van der Waals surface area contributed by atoms with E-state index in [0.717, 1.165) is 56.9 Å². The van der Waals surface area contributed by atoms with Crippen molar-refractivity contribution in [3.05, 3.63) is 95.1 Å². The standard InChI is InChI=1S/C57H77NO6/c1-31(2)33(4)21-22-34(5)44-30-41-48-46(60)20-14-16-32(3)15-13-19-43-52(61)36(7)35(6)50-45(27-37-17-11-10-12-18-37)58-54(63)57(43,50)64-53(62)49(48)40-29-38-28-39(59)23-25-55(38,8)42-24-26-56(44,9)51(41)47(40)42/h10-13,17-19,21-22,29,31-35,39-45,48-50,52,59,61H,7,14-16,20,23-28,30H2,1-6,8-9H3,(H,58,63)/b19-13+,22-21+/t32-,33-,34+,35+,39-,40+,41+,42-,43-,44+,45-,48-,49+,50-,52+,55-,56+,57+/m0/s1. The van der Waals surface area contributed by atoms with Crippen molar-refractivity contribution in [3.63, 3.8) is 0 Å². The number of aliphatic hydroxyl groups excluding tert-OH is 2. The van der Waals surface area contributed by atoms with Gasteiger partial charge in [0.1, 0.15) is 5.78 Å². The maximum atomic E-state index is 16.2. The summed E-state index contributed by atoms with van der Waals surface area (Å²) in [5.41, 5.74) is 3.76. The molecule has 9 rings (SSSR count). The van der Waals surface area contributed by atoms with Crippen molar-refractivity contribution in [3.8, 4) is 0 Å². The first kappa shape index (κ1) is 45.6. The second-order valence-corrected chi connectivity index (χ2v) is 23.2. The molecule has 346 valence electrons. The largest absolute Gasteiger partial charge is 0.447 e. The average molecular weight is 872 g/mol. The molecule has 1 saturated heterocycles. The third kappa shape index (κ3) is 7.13. The summed E-state index contributed by atoms with van der Waals surface area (Å²) in [6.07, 6.45) is 18.0. The minimum atomic E-state index is -1.72. The van der Waals surface area contributed by atoms with E-state index in [1.54, 1.807) is 0 Å². The van der Waals surface area contributed by atoms with Crippen molar-refractivity contribution < 1.29 is 29.3 Å². The lowest BCUT2D eigenvalue weighted by Crippen LogP contribution is -2.63. The molecule has 2 heterocycles. The summed E-state index contributed by atoms with van der Waals surface area (Å²) in [5.74, 6) is -2.28.